The van der Waals surface area contributed by atoms with E-state index >= 15 is 0 Å². The van der Waals surface area contributed by atoms with E-state index in [0.717, 1.165) is 50.1 Å². The lowest BCUT2D eigenvalue weighted by Gasteiger charge is -2.30. The van der Waals surface area contributed by atoms with Gasteiger partial charge in [-0.3, -0.25) is 0 Å². The van der Waals surface area contributed by atoms with Crippen molar-refractivity contribution in [3.05, 3.63) is 211 Å². The fraction of sp³-hybridized carbons (Fsp3) is 0.0545. The molecular weight excluding hydrogens is 691 g/mol. The molecule has 0 spiro atoms. The highest BCUT2D eigenvalue weighted by molar-refractivity contribution is 6.22. The van der Waals surface area contributed by atoms with Crippen LogP contribution in [-0.4, -0.2) is 0 Å². The van der Waals surface area contributed by atoms with Crippen LogP contribution >= 0.6 is 0 Å². The summed E-state index contributed by atoms with van der Waals surface area (Å²) in [5.74, 6) is 0. The maximum atomic E-state index is 6.66. The molecule has 9 aromatic carbocycles. The van der Waals surface area contributed by atoms with Crippen molar-refractivity contribution >= 4 is 49.8 Å². The van der Waals surface area contributed by atoms with Gasteiger partial charge in [0.15, 0.2) is 0 Å². The van der Waals surface area contributed by atoms with E-state index in [1.165, 1.54) is 55.3 Å². The zero-order chi connectivity index (χ0) is 38.1. The second-order valence-electron chi connectivity index (χ2n) is 15.7. The summed E-state index contributed by atoms with van der Waals surface area (Å²) in [6, 6.07) is 72.5. The predicted molar refractivity (Wildman–Crippen MR) is 240 cm³/mol. The molecule has 0 amide bonds. The predicted octanol–water partition coefficient (Wildman–Crippen LogP) is 15.5. The van der Waals surface area contributed by atoms with Crippen molar-refractivity contribution in [2.45, 2.75) is 19.3 Å². The largest absolute Gasteiger partial charge is 0.456 e. The van der Waals surface area contributed by atoms with E-state index < -0.39 is 0 Å². The number of hydrogen-bond donors (Lipinski definition) is 0. The van der Waals surface area contributed by atoms with Crippen molar-refractivity contribution < 1.29 is 4.42 Å². The van der Waals surface area contributed by atoms with Crippen LogP contribution in [0.25, 0.3) is 77.2 Å². The molecule has 2 heteroatoms. The third kappa shape index (κ3) is 5.33. The molecule has 1 aliphatic carbocycles. The van der Waals surface area contributed by atoms with E-state index in [-0.39, 0.29) is 5.41 Å². The highest BCUT2D eigenvalue weighted by atomic mass is 16.3. The minimum absolute atomic E-state index is 0.124. The first-order valence-corrected chi connectivity index (χ1v) is 19.8. The average Bonchev–Trinajstić information content (AvgIpc) is 3.75. The van der Waals surface area contributed by atoms with Crippen molar-refractivity contribution in [3.8, 4) is 44.5 Å². The van der Waals surface area contributed by atoms with Crippen LogP contribution in [0.2, 0.25) is 0 Å². The van der Waals surface area contributed by atoms with E-state index in [2.05, 4.69) is 219 Å². The van der Waals surface area contributed by atoms with Crippen LogP contribution in [0, 0.1) is 0 Å². The van der Waals surface area contributed by atoms with E-state index in [0.29, 0.717) is 0 Å². The monoisotopic (exact) mass is 729 g/mol. The topological polar surface area (TPSA) is 16.4 Å². The molecule has 270 valence electrons. The van der Waals surface area contributed by atoms with Gasteiger partial charge in [-0.2, -0.15) is 0 Å². The highest BCUT2D eigenvalue weighted by Crippen LogP contribution is 2.51. The van der Waals surface area contributed by atoms with Gasteiger partial charge in [0.25, 0.3) is 0 Å². The van der Waals surface area contributed by atoms with Gasteiger partial charge in [0.05, 0.1) is 5.69 Å². The highest BCUT2D eigenvalue weighted by Gasteiger charge is 2.36. The zero-order valence-corrected chi connectivity index (χ0v) is 31.9. The van der Waals surface area contributed by atoms with Gasteiger partial charge in [-0.05, 0) is 109 Å². The first-order chi connectivity index (χ1) is 28.0. The van der Waals surface area contributed by atoms with Gasteiger partial charge in [-0.15, -0.1) is 0 Å². The Balaban J connectivity index is 1.10. The van der Waals surface area contributed by atoms with Gasteiger partial charge in [-0.25, -0.2) is 0 Å². The molecular formula is C55H39NO. The summed E-state index contributed by atoms with van der Waals surface area (Å²) in [5.41, 5.74) is 17.4. The van der Waals surface area contributed by atoms with Crippen molar-refractivity contribution in [2.75, 3.05) is 4.90 Å². The molecule has 57 heavy (non-hydrogen) atoms. The minimum atomic E-state index is -0.124. The maximum Gasteiger partial charge on any atom is 0.136 e. The summed E-state index contributed by atoms with van der Waals surface area (Å²) < 4.78 is 6.66. The summed E-state index contributed by atoms with van der Waals surface area (Å²) >= 11 is 0. The van der Waals surface area contributed by atoms with Gasteiger partial charge in [0.2, 0.25) is 0 Å². The van der Waals surface area contributed by atoms with E-state index in [9.17, 15) is 0 Å². The van der Waals surface area contributed by atoms with Gasteiger partial charge in [-0.1, -0.05) is 166 Å². The maximum absolute atomic E-state index is 6.66. The van der Waals surface area contributed by atoms with Crippen molar-refractivity contribution in [1.82, 2.24) is 0 Å². The number of rotatable bonds is 6. The number of anilines is 3. The molecule has 10 aromatic rings. The summed E-state index contributed by atoms with van der Waals surface area (Å²) in [5, 5.41) is 4.67. The third-order valence-electron chi connectivity index (χ3n) is 12.1. The molecule has 0 atom stereocenters. The number of para-hydroxylation sites is 1. The molecule has 0 saturated carbocycles. The Kier molecular flexibility index (Phi) is 7.55. The summed E-state index contributed by atoms with van der Waals surface area (Å²) in [4.78, 5) is 2.43. The van der Waals surface area contributed by atoms with Crippen LogP contribution in [0.3, 0.4) is 0 Å². The molecule has 1 aliphatic rings. The van der Waals surface area contributed by atoms with Crippen LogP contribution in [-0.2, 0) is 5.41 Å². The molecule has 0 aliphatic heterocycles. The summed E-state index contributed by atoms with van der Waals surface area (Å²) in [6.07, 6.45) is 0. The molecule has 0 fully saturated rings. The van der Waals surface area contributed by atoms with Crippen molar-refractivity contribution in [3.63, 3.8) is 0 Å². The van der Waals surface area contributed by atoms with Crippen LogP contribution < -0.4 is 4.90 Å². The smallest absolute Gasteiger partial charge is 0.136 e. The fourth-order valence-corrected chi connectivity index (χ4v) is 9.27. The van der Waals surface area contributed by atoms with Gasteiger partial charge >= 0.3 is 0 Å². The Morgan fingerprint density at radius 2 is 0.965 bits per heavy atom. The van der Waals surface area contributed by atoms with Gasteiger partial charge in [0, 0.05) is 33.1 Å². The Bertz CT molecular complexity index is 3140. The minimum Gasteiger partial charge on any atom is -0.456 e. The zero-order valence-electron chi connectivity index (χ0n) is 31.9. The SMILES string of the molecule is CC1(C)c2ccccc2-c2ccc(N(c3ccc(-c4ccccc4)cc3)c3ccccc3-c3ccc4oc5cc(-c6ccccc6)c6ccccc6c5c4c3)cc21. The quantitative estimate of drug-likeness (QED) is 0.169. The molecule has 1 heterocycles. The van der Waals surface area contributed by atoms with Crippen LogP contribution in [0.5, 0.6) is 0 Å². The number of benzene rings is 9. The molecule has 1 aromatic heterocycles. The lowest BCUT2D eigenvalue weighted by Crippen LogP contribution is -2.16. The summed E-state index contributed by atoms with van der Waals surface area (Å²) in [6.45, 7) is 4.71. The molecule has 0 bridgehead atoms. The Labute approximate surface area is 332 Å². The third-order valence-corrected chi connectivity index (χ3v) is 12.1. The van der Waals surface area contributed by atoms with E-state index in [1.807, 2.05) is 0 Å². The van der Waals surface area contributed by atoms with E-state index in [4.69, 9.17) is 4.42 Å². The molecule has 0 unspecified atom stereocenters. The second-order valence-corrected chi connectivity index (χ2v) is 15.7. The van der Waals surface area contributed by atoms with Gasteiger partial charge < -0.3 is 9.32 Å². The molecule has 0 radical (unpaired) electrons. The molecule has 0 N–H and O–H groups in total. The lowest BCUT2D eigenvalue weighted by molar-refractivity contribution is 0.660. The first-order valence-electron chi connectivity index (χ1n) is 19.8. The van der Waals surface area contributed by atoms with Crippen molar-refractivity contribution in [2.24, 2.45) is 0 Å². The van der Waals surface area contributed by atoms with E-state index in [1.54, 1.807) is 0 Å². The fourth-order valence-electron chi connectivity index (χ4n) is 9.27. The molecule has 11 rings (SSSR count). The average molecular weight is 730 g/mol. The number of nitrogens with zero attached hydrogens (tertiary/aromatic N) is 1. The Morgan fingerprint density at radius 3 is 1.75 bits per heavy atom. The molecule has 0 saturated heterocycles. The first kappa shape index (κ1) is 33.2. The Hall–Kier alpha value is -7.16. The summed E-state index contributed by atoms with van der Waals surface area (Å²) in [7, 11) is 0. The number of hydrogen-bond acceptors (Lipinski definition) is 2. The standard InChI is InChI=1S/C55H39NO/c1-55(2)49-23-13-11-21-44(49)45-31-30-41(34-50(45)55)56(40-28-25-37(26-29-40)36-15-5-3-6-16-36)51-24-14-12-19-42(51)39-27-32-52-48(33-39)54-46-22-10-9-20-43(46)47(35-53(54)57-52)38-17-7-4-8-18-38/h3-35H,1-2H3. The second kappa shape index (κ2) is 13.0. The van der Waals surface area contributed by atoms with Crippen LogP contribution in [0.1, 0.15) is 25.0 Å². The number of fused-ring (bicyclic) bond motifs is 8. The van der Waals surface area contributed by atoms with Gasteiger partial charge in [0.1, 0.15) is 11.2 Å². The normalized spacial score (nSPS) is 12.9. The molecule has 2 nitrogen and oxygen atoms in total. The Morgan fingerprint density at radius 1 is 0.368 bits per heavy atom. The number of furan rings is 1. The lowest BCUT2D eigenvalue weighted by atomic mass is 9.82. The van der Waals surface area contributed by atoms with Crippen LogP contribution in [0.15, 0.2) is 205 Å². The van der Waals surface area contributed by atoms with Crippen LogP contribution in [0.4, 0.5) is 17.1 Å². The van der Waals surface area contributed by atoms with Crippen molar-refractivity contribution in [1.29, 1.82) is 0 Å².